The van der Waals surface area contributed by atoms with Gasteiger partial charge >= 0.3 is 0 Å². The van der Waals surface area contributed by atoms with E-state index in [0.29, 0.717) is 0 Å². The number of hydrogen-bond donors (Lipinski definition) is 0. The second-order valence-corrected chi connectivity index (χ2v) is 3.97. The van der Waals surface area contributed by atoms with Crippen LogP contribution in [0.5, 0.6) is 0 Å². The number of benzene rings is 2. The monoisotopic (exact) mass is 202 g/mol. The molecular formula is C16H10. The van der Waals surface area contributed by atoms with E-state index in [9.17, 15) is 0 Å². The molecule has 74 valence electrons. The summed E-state index contributed by atoms with van der Waals surface area (Å²) in [6.45, 7) is 4.05. The van der Waals surface area contributed by atoms with Crippen LogP contribution in [0.3, 0.4) is 0 Å². The van der Waals surface area contributed by atoms with Crippen LogP contribution in [0.15, 0.2) is 36.4 Å². The first kappa shape index (κ1) is 9.00. The second-order valence-electron chi connectivity index (χ2n) is 3.97. The van der Waals surface area contributed by atoms with E-state index in [0.717, 1.165) is 10.8 Å². The summed E-state index contributed by atoms with van der Waals surface area (Å²) in [5.41, 5.74) is 4.63. The molecule has 0 amide bonds. The summed E-state index contributed by atoms with van der Waals surface area (Å²) in [5.74, 6) is 2.66. The smallest absolute Gasteiger partial charge is 0.0248 e. The number of terminal acetylenes is 1. The second kappa shape index (κ2) is 3.12. The average Bonchev–Trinajstić information content (AvgIpc) is 2.68. The molecule has 1 aliphatic rings. The zero-order chi connectivity index (χ0) is 11.1. The lowest BCUT2D eigenvalue weighted by molar-refractivity contribution is 1.54. The van der Waals surface area contributed by atoms with E-state index in [1.165, 1.54) is 21.9 Å². The van der Waals surface area contributed by atoms with E-state index in [4.69, 9.17) is 6.42 Å². The minimum Gasteiger partial charge on any atom is -0.115 e. The molecule has 2 aromatic carbocycles. The van der Waals surface area contributed by atoms with E-state index in [1.807, 2.05) is 18.2 Å². The first-order chi connectivity index (χ1) is 7.79. The molecule has 1 aliphatic carbocycles. The van der Waals surface area contributed by atoms with Crippen LogP contribution >= 0.6 is 0 Å². The summed E-state index contributed by atoms with van der Waals surface area (Å²) in [4.78, 5) is 0. The van der Waals surface area contributed by atoms with Crippen LogP contribution in [0.4, 0.5) is 0 Å². The summed E-state index contributed by atoms with van der Waals surface area (Å²) in [5, 5.41) is 2.28. The minimum absolute atomic E-state index is 0.924. The summed E-state index contributed by atoms with van der Waals surface area (Å²) >= 11 is 0. The summed E-state index contributed by atoms with van der Waals surface area (Å²) in [7, 11) is 0. The van der Waals surface area contributed by atoms with Crippen LogP contribution in [-0.4, -0.2) is 0 Å². The lowest BCUT2D eigenvalue weighted by atomic mass is 10.0. The standard InChI is InChI=1S/C16H10/c1-3-12-7-8-14-13(9-12)10-16-11(2)5-4-6-15(14)16/h1,4-10H,2H2. The van der Waals surface area contributed by atoms with Gasteiger partial charge in [0.1, 0.15) is 0 Å². The molecule has 3 rings (SSSR count). The van der Waals surface area contributed by atoms with Gasteiger partial charge in [0.2, 0.25) is 0 Å². The predicted octanol–water partition coefficient (Wildman–Crippen LogP) is 1.89. The average molecular weight is 202 g/mol. The van der Waals surface area contributed by atoms with Crippen molar-refractivity contribution in [2.75, 3.05) is 0 Å². The number of fused-ring (bicyclic) bond motifs is 3. The highest BCUT2D eigenvalue weighted by Gasteiger charge is 2.11. The molecule has 0 saturated heterocycles. The van der Waals surface area contributed by atoms with Gasteiger partial charge in [-0.15, -0.1) is 6.42 Å². The maximum atomic E-state index is 5.40. The van der Waals surface area contributed by atoms with Crippen LogP contribution in [0, 0.1) is 12.3 Å². The molecule has 0 bridgehead atoms. The van der Waals surface area contributed by atoms with Gasteiger partial charge in [-0.3, -0.25) is 0 Å². The fourth-order valence-electron chi connectivity index (χ4n) is 2.19. The molecule has 0 atom stereocenters. The largest absolute Gasteiger partial charge is 0.115 e. The molecule has 2 aromatic rings. The van der Waals surface area contributed by atoms with Gasteiger partial charge in [-0.1, -0.05) is 36.8 Å². The van der Waals surface area contributed by atoms with Crippen molar-refractivity contribution < 1.29 is 0 Å². The highest BCUT2D eigenvalue weighted by atomic mass is 14.1. The molecule has 16 heavy (non-hydrogen) atoms. The Morgan fingerprint density at radius 3 is 2.75 bits per heavy atom. The van der Waals surface area contributed by atoms with Gasteiger partial charge in [0.15, 0.2) is 0 Å². The highest BCUT2D eigenvalue weighted by molar-refractivity contribution is 5.83. The molecule has 0 fully saturated rings. The summed E-state index contributed by atoms with van der Waals surface area (Å²) in [6.07, 6.45) is 7.56. The minimum atomic E-state index is 0.924. The third kappa shape index (κ3) is 1.12. The molecule has 0 spiro atoms. The SMILES string of the molecule is C#Cc1ccc2c(c1)C=c1c-2cccc1=C. The van der Waals surface area contributed by atoms with E-state index >= 15 is 0 Å². The highest BCUT2D eigenvalue weighted by Crippen LogP contribution is 2.26. The Morgan fingerprint density at radius 1 is 1.06 bits per heavy atom. The Hall–Kier alpha value is -2.26. The van der Waals surface area contributed by atoms with Gasteiger partial charge in [-0.2, -0.15) is 0 Å². The van der Waals surface area contributed by atoms with E-state index in [2.05, 4.69) is 36.8 Å². The van der Waals surface area contributed by atoms with Gasteiger partial charge in [-0.05, 0) is 45.3 Å². The first-order valence-electron chi connectivity index (χ1n) is 5.20. The topological polar surface area (TPSA) is 0 Å². The van der Waals surface area contributed by atoms with Crippen LogP contribution in [0.1, 0.15) is 11.1 Å². The van der Waals surface area contributed by atoms with Crippen molar-refractivity contribution in [3.63, 3.8) is 0 Å². The Kier molecular flexibility index (Phi) is 1.75. The molecular weight excluding hydrogens is 192 g/mol. The molecule has 0 heteroatoms. The molecule has 0 N–H and O–H groups in total. The van der Waals surface area contributed by atoms with Gasteiger partial charge < -0.3 is 0 Å². The van der Waals surface area contributed by atoms with E-state index in [1.54, 1.807) is 0 Å². The van der Waals surface area contributed by atoms with Crippen molar-refractivity contribution >= 4 is 12.7 Å². The van der Waals surface area contributed by atoms with Crippen LogP contribution < -0.4 is 10.4 Å². The van der Waals surface area contributed by atoms with Crippen molar-refractivity contribution in [1.82, 2.24) is 0 Å². The number of hydrogen-bond acceptors (Lipinski definition) is 0. The lowest BCUT2D eigenvalue weighted by Gasteiger charge is -2.01. The third-order valence-corrected chi connectivity index (χ3v) is 3.00. The zero-order valence-electron chi connectivity index (χ0n) is 8.83. The van der Waals surface area contributed by atoms with Crippen molar-refractivity contribution in [2.45, 2.75) is 0 Å². The molecule has 0 saturated carbocycles. The van der Waals surface area contributed by atoms with Gasteiger partial charge in [0, 0.05) is 5.56 Å². The van der Waals surface area contributed by atoms with E-state index < -0.39 is 0 Å². The lowest BCUT2D eigenvalue weighted by Crippen LogP contribution is -2.22. The van der Waals surface area contributed by atoms with Crippen molar-refractivity contribution in [3.8, 4) is 23.5 Å². The number of rotatable bonds is 0. The molecule has 0 unspecified atom stereocenters. The predicted molar refractivity (Wildman–Crippen MR) is 68.2 cm³/mol. The fraction of sp³-hybridized carbons (Fsp3) is 0. The normalized spacial score (nSPS) is 11.2. The zero-order valence-corrected chi connectivity index (χ0v) is 8.83. The summed E-state index contributed by atoms with van der Waals surface area (Å²) in [6, 6.07) is 12.3. The van der Waals surface area contributed by atoms with Gasteiger partial charge in [0.25, 0.3) is 0 Å². The summed E-state index contributed by atoms with van der Waals surface area (Å²) < 4.78 is 0. The Labute approximate surface area is 94.6 Å². The quantitative estimate of drug-likeness (QED) is 0.488. The van der Waals surface area contributed by atoms with Gasteiger partial charge in [-0.25, -0.2) is 0 Å². The van der Waals surface area contributed by atoms with E-state index in [-0.39, 0.29) is 0 Å². The van der Waals surface area contributed by atoms with Crippen LogP contribution in [0.2, 0.25) is 0 Å². The van der Waals surface area contributed by atoms with Crippen molar-refractivity contribution in [2.24, 2.45) is 0 Å². The Balaban J connectivity index is 2.40. The third-order valence-electron chi connectivity index (χ3n) is 3.00. The van der Waals surface area contributed by atoms with Crippen LogP contribution in [-0.2, 0) is 0 Å². The Morgan fingerprint density at radius 2 is 1.94 bits per heavy atom. The van der Waals surface area contributed by atoms with Crippen molar-refractivity contribution in [3.05, 3.63) is 58.0 Å². The van der Waals surface area contributed by atoms with Crippen molar-refractivity contribution in [1.29, 1.82) is 0 Å². The fourth-order valence-corrected chi connectivity index (χ4v) is 2.19. The molecule has 0 aliphatic heterocycles. The first-order valence-corrected chi connectivity index (χ1v) is 5.20. The molecule has 0 aromatic heterocycles. The molecule has 0 nitrogen and oxygen atoms in total. The van der Waals surface area contributed by atoms with Gasteiger partial charge in [0.05, 0.1) is 0 Å². The molecule has 0 radical (unpaired) electrons. The molecule has 0 heterocycles. The van der Waals surface area contributed by atoms with Crippen LogP contribution in [0.25, 0.3) is 23.8 Å². The maximum absolute atomic E-state index is 5.40. The Bertz CT molecular complexity index is 728. The maximum Gasteiger partial charge on any atom is 0.0248 e.